The van der Waals surface area contributed by atoms with Crippen LogP contribution >= 0.6 is 0 Å². The molecule has 1 aliphatic rings. The first-order chi connectivity index (χ1) is 14.6. The number of rotatable bonds is 10. The van der Waals surface area contributed by atoms with Gasteiger partial charge >= 0.3 is 0 Å². The molecule has 30 heavy (non-hydrogen) atoms. The molecule has 1 N–H and O–H groups in total. The third kappa shape index (κ3) is 6.26. The lowest BCUT2D eigenvalue weighted by Gasteiger charge is -2.32. The maximum Gasteiger partial charge on any atom is 0.220 e. The number of carbonyl (C=O) groups excluding carboxylic acids is 1. The fourth-order valence-electron chi connectivity index (χ4n) is 4.06. The number of ether oxygens (including phenoxy) is 2. The molecule has 0 radical (unpaired) electrons. The summed E-state index contributed by atoms with van der Waals surface area (Å²) in [6, 6.07) is 9.79. The van der Waals surface area contributed by atoms with Gasteiger partial charge in [-0.15, -0.1) is 0 Å². The van der Waals surface area contributed by atoms with Crippen molar-refractivity contribution in [1.29, 1.82) is 0 Å². The first kappa shape index (κ1) is 22.2. The highest BCUT2D eigenvalue weighted by atomic mass is 16.5. The van der Waals surface area contributed by atoms with Crippen molar-refractivity contribution in [2.24, 2.45) is 5.92 Å². The Morgan fingerprint density at radius 3 is 2.77 bits per heavy atom. The van der Waals surface area contributed by atoms with Gasteiger partial charge < -0.3 is 19.2 Å². The quantitative estimate of drug-likeness (QED) is 0.632. The lowest BCUT2D eigenvalue weighted by molar-refractivity contribution is -0.121. The van der Waals surface area contributed by atoms with E-state index in [0.717, 1.165) is 61.1 Å². The second kappa shape index (κ2) is 11.1. The molecule has 1 aliphatic heterocycles. The van der Waals surface area contributed by atoms with Crippen LogP contribution in [-0.2, 0) is 24.3 Å². The van der Waals surface area contributed by atoms with Gasteiger partial charge in [0.1, 0.15) is 23.0 Å². The molecule has 2 heterocycles. The standard InChI is InChI=1S/C24H34N2O4/c1-4-20-10-11-22(30-20)17-26-13-5-6-18(16-26)7-12-24(27)25-15-19-8-9-21(28-2)14-23(19)29-3/h8-11,14,18H,4-7,12-13,15-17H2,1-3H3,(H,25,27)/t18-/m1/s1. The normalized spacial score (nSPS) is 17.0. The van der Waals surface area contributed by atoms with E-state index in [9.17, 15) is 4.79 Å². The van der Waals surface area contributed by atoms with Crippen molar-refractivity contribution in [3.8, 4) is 11.5 Å². The average Bonchev–Trinajstić information content (AvgIpc) is 3.23. The van der Waals surface area contributed by atoms with Gasteiger partial charge in [0.05, 0.1) is 20.8 Å². The Balaban J connectivity index is 1.42. The third-order valence-electron chi connectivity index (χ3n) is 5.80. The molecule has 6 nitrogen and oxygen atoms in total. The van der Waals surface area contributed by atoms with Crippen LogP contribution in [0.2, 0.25) is 0 Å². The van der Waals surface area contributed by atoms with Gasteiger partial charge in [0.15, 0.2) is 0 Å². The number of amides is 1. The molecule has 0 saturated carbocycles. The van der Waals surface area contributed by atoms with Gasteiger partial charge in [0.25, 0.3) is 0 Å². The molecule has 0 spiro atoms. The molecular weight excluding hydrogens is 380 g/mol. The van der Waals surface area contributed by atoms with E-state index < -0.39 is 0 Å². The molecule has 0 bridgehead atoms. The largest absolute Gasteiger partial charge is 0.497 e. The zero-order valence-electron chi connectivity index (χ0n) is 18.4. The van der Waals surface area contributed by atoms with E-state index in [2.05, 4.69) is 29.3 Å². The molecule has 1 saturated heterocycles. The number of carbonyl (C=O) groups is 1. The van der Waals surface area contributed by atoms with E-state index in [0.29, 0.717) is 18.9 Å². The van der Waals surface area contributed by atoms with Crippen molar-refractivity contribution < 1.29 is 18.7 Å². The van der Waals surface area contributed by atoms with E-state index in [1.807, 2.05) is 18.2 Å². The molecule has 1 aromatic heterocycles. The number of nitrogens with zero attached hydrogens (tertiary/aromatic N) is 1. The van der Waals surface area contributed by atoms with Gasteiger partial charge in [-0.25, -0.2) is 0 Å². The van der Waals surface area contributed by atoms with Crippen LogP contribution < -0.4 is 14.8 Å². The molecule has 1 atom stereocenters. The van der Waals surface area contributed by atoms with Gasteiger partial charge in [-0.2, -0.15) is 0 Å². The van der Waals surface area contributed by atoms with Crippen molar-refractivity contribution >= 4 is 5.91 Å². The molecule has 164 valence electrons. The minimum absolute atomic E-state index is 0.0867. The zero-order valence-corrected chi connectivity index (χ0v) is 18.4. The minimum Gasteiger partial charge on any atom is -0.497 e. The van der Waals surface area contributed by atoms with E-state index in [1.165, 1.54) is 12.8 Å². The average molecular weight is 415 g/mol. The second-order valence-corrected chi connectivity index (χ2v) is 7.96. The van der Waals surface area contributed by atoms with Crippen LogP contribution in [0.15, 0.2) is 34.7 Å². The predicted octanol–water partition coefficient (Wildman–Crippen LogP) is 4.17. The summed E-state index contributed by atoms with van der Waals surface area (Å²) in [7, 11) is 3.25. The maximum atomic E-state index is 12.4. The second-order valence-electron chi connectivity index (χ2n) is 7.96. The number of aryl methyl sites for hydroxylation is 1. The number of benzene rings is 1. The summed E-state index contributed by atoms with van der Waals surface area (Å²) < 4.78 is 16.5. The predicted molar refractivity (Wildman–Crippen MR) is 117 cm³/mol. The van der Waals surface area contributed by atoms with Crippen LogP contribution in [0.3, 0.4) is 0 Å². The number of methoxy groups -OCH3 is 2. The lowest BCUT2D eigenvalue weighted by atomic mass is 9.93. The first-order valence-corrected chi connectivity index (χ1v) is 10.9. The Bertz CT molecular complexity index is 817. The van der Waals surface area contributed by atoms with Crippen LogP contribution in [0.4, 0.5) is 0 Å². The topological polar surface area (TPSA) is 63.9 Å². The highest BCUT2D eigenvalue weighted by molar-refractivity contribution is 5.75. The Hall–Kier alpha value is -2.47. The Morgan fingerprint density at radius 2 is 2.03 bits per heavy atom. The summed E-state index contributed by atoms with van der Waals surface area (Å²) >= 11 is 0. The molecule has 6 heteroatoms. The van der Waals surface area contributed by atoms with Crippen LogP contribution in [-0.4, -0.2) is 38.1 Å². The van der Waals surface area contributed by atoms with Crippen molar-refractivity contribution in [3.05, 3.63) is 47.4 Å². The summed E-state index contributed by atoms with van der Waals surface area (Å²) in [5, 5.41) is 3.02. The van der Waals surface area contributed by atoms with E-state index in [4.69, 9.17) is 13.9 Å². The molecule has 1 fully saturated rings. The molecule has 1 aromatic carbocycles. The number of hydrogen-bond donors (Lipinski definition) is 1. The number of furan rings is 1. The van der Waals surface area contributed by atoms with Gasteiger partial charge in [0, 0.05) is 37.6 Å². The van der Waals surface area contributed by atoms with Crippen molar-refractivity contribution in [3.63, 3.8) is 0 Å². The summed E-state index contributed by atoms with van der Waals surface area (Å²) in [4.78, 5) is 14.8. The molecule has 2 aromatic rings. The van der Waals surface area contributed by atoms with E-state index >= 15 is 0 Å². The highest BCUT2D eigenvalue weighted by Crippen LogP contribution is 2.25. The smallest absolute Gasteiger partial charge is 0.220 e. The molecule has 0 aliphatic carbocycles. The van der Waals surface area contributed by atoms with Gasteiger partial charge in [-0.3, -0.25) is 9.69 Å². The fourth-order valence-corrected chi connectivity index (χ4v) is 4.06. The monoisotopic (exact) mass is 414 g/mol. The van der Waals surface area contributed by atoms with E-state index in [1.54, 1.807) is 14.2 Å². The number of likely N-dealkylation sites (tertiary alicyclic amines) is 1. The fraction of sp³-hybridized carbons (Fsp3) is 0.542. The van der Waals surface area contributed by atoms with Crippen molar-refractivity contribution in [1.82, 2.24) is 10.2 Å². The molecule has 3 rings (SSSR count). The molecule has 0 unspecified atom stereocenters. The summed E-state index contributed by atoms with van der Waals surface area (Å²) in [6.45, 7) is 5.56. The number of hydrogen-bond acceptors (Lipinski definition) is 5. The first-order valence-electron chi connectivity index (χ1n) is 10.9. The lowest BCUT2D eigenvalue weighted by Crippen LogP contribution is -2.35. The van der Waals surface area contributed by atoms with Crippen LogP contribution in [0.25, 0.3) is 0 Å². The molecule has 1 amide bonds. The Morgan fingerprint density at radius 1 is 1.20 bits per heavy atom. The number of nitrogens with one attached hydrogen (secondary N) is 1. The Labute approximate surface area is 179 Å². The van der Waals surface area contributed by atoms with Crippen molar-refractivity contribution in [2.45, 2.75) is 52.1 Å². The van der Waals surface area contributed by atoms with Gasteiger partial charge in [-0.05, 0) is 56.0 Å². The highest BCUT2D eigenvalue weighted by Gasteiger charge is 2.21. The summed E-state index contributed by atoms with van der Waals surface area (Å²) in [5.41, 5.74) is 0.945. The summed E-state index contributed by atoms with van der Waals surface area (Å²) in [6.07, 6.45) is 4.77. The van der Waals surface area contributed by atoms with Crippen LogP contribution in [0.5, 0.6) is 11.5 Å². The minimum atomic E-state index is 0.0867. The van der Waals surface area contributed by atoms with Gasteiger partial charge in [-0.1, -0.05) is 6.92 Å². The van der Waals surface area contributed by atoms with Crippen LogP contribution in [0, 0.1) is 5.92 Å². The SMILES string of the molecule is CCc1ccc(CN2CCC[C@H](CCC(=O)NCc3ccc(OC)cc3OC)C2)o1. The maximum absolute atomic E-state index is 12.4. The Kier molecular flexibility index (Phi) is 8.20. The molecular formula is C24H34N2O4. The number of piperidine rings is 1. The third-order valence-corrected chi connectivity index (χ3v) is 5.80. The van der Waals surface area contributed by atoms with Crippen molar-refractivity contribution in [2.75, 3.05) is 27.3 Å². The summed E-state index contributed by atoms with van der Waals surface area (Å²) in [5.74, 6) is 4.19. The van der Waals surface area contributed by atoms with Crippen LogP contribution in [0.1, 0.15) is 49.7 Å². The van der Waals surface area contributed by atoms with Gasteiger partial charge in [0.2, 0.25) is 5.91 Å². The zero-order chi connectivity index (χ0) is 21.3. The van der Waals surface area contributed by atoms with E-state index in [-0.39, 0.29) is 5.91 Å².